The highest BCUT2D eigenvalue weighted by Gasteiger charge is 2.61. The van der Waals surface area contributed by atoms with Crippen LogP contribution in [0.1, 0.15) is 39.0 Å². The van der Waals surface area contributed by atoms with Crippen LogP contribution in [0.3, 0.4) is 0 Å². The lowest BCUT2D eigenvalue weighted by Gasteiger charge is -2.35. The molecule has 0 radical (unpaired) electrons. The first kappa shape index (κ1) is 22.9. The van der Waals surface area contributed by atoms with Crippen LogP contribution in [0.5, 0.6) is 0 Å². The predicted molar refractivity (Wildman–Crippen MR) is 172 cm³/mol. The van der Waals surface area contributed by atoms with Gasteiger partial charge in [0.1, 0.15) is 0 Å². The summed E-state index contributed by atoms with van der Waals surface area (Å²) in [4.78, 5) is 11.5. The highest BCUT2D eigenvalue weighted by Crippen LogP contribution is 2.73. The van der Waals surface area contributed by atoms with Crippen LogP contribution >= 0.6 is 11.8 Å². The molecule has 0 saturated carbocycles. The van der Waals surface area contributed by atoms with Gasteiger partial charge in [-0.1, -0.05) is 109 Å². The number of benzene rings is 5. The first-order valence-corrected chi connectivity index (χ1v) is 15.5. The Morgan fingerprint density at radius 1 is 0.548 bits per heavy atom. The highest BCUT2D eigenvalue weighted by atomic mass is 32.2. The summed E-state index contributed by atoms with van der Waals surface area (Å²) in [6.45, 7) is 0. The molecule has 0 bridgehead atoms. The van der Waals surface area contributed by atoms with Gasteiger partial charge in [0.15, 0.2) is 0 Å². The van der Waals surface area contributed by atoms with Crippen LogP contribution in [-0.4, -0.2) is 9.97 Å². The number of nitrogens with zero attached hydrogens (tertiary/aromatic N) is 2. The average molecular weight is 553 g/mol. The lowest BCUT2D eigenvalue weighted by molar-refractivity contribution is 0.529. The maximum atomic E-state index is 5.32. The van der Waals surface area contributed by atoms with E-state index in [0.29, 0.717) is 11.2 Å². The molecule has 5 aromatic carbocycles. The Morgan fingerprint density at radius 2 is 1.26 bits per heavy atom. The third-order valence-corrected chi connectivity index (χ3v) is 11.2. The molecule has 42 heavy (non-hydrogen) atoms. The minimum absolute atomic E-state index is 0.256. The van der Waals surface area contributed by atoms with Gasteiger partial charge in [-0.25, -0.2) is 4.98 Å². The quantitative estimate of drug-likeness (QED) is 0.190. The van der Waals surface area contributed by atoms with Gasteiger partial charge in [0.25, 0.3) is 0 Å². The summed E-state index contributed by atoms with van der Waals surface area (Å²) in [6.07, 6.45) is 1.86. The Bertz CT molecular complexity index is 2270. The van der Waals surface area contributed by atoms with Gasteiger partial charge in [-0.15, -0.1) is 11.8 Å². The molecule has 3 unspecified atom stereocenters. The molecular formula is C39H24N2S. The molecule has 196 valence electrons. The Hall–Kier alpha value is -4.73. The first-order valence-electron chi connectivity index (χ1n) is 14.6. The monoisotopic (exact) mass is 552 g/mol. The van der Waals surface area contributed by atoms with Gasteiger partial charge in [-0.2, -0.15) is 0 Å². The molecule has 10 rings (SSSR count). The van der Waals surface area contributed by atoms with E-state index in [1.54, 1.807) is 0 Å². The summed E-state index contributed by atoms with van der Waals surface area (Å²) in [5.41, 5.74) is 13.7. The van der Waals surface area contributed by atoms with Gasteiger partial charge >= 0.3 is 0 Å². The Kier molecular flexibility index (Phi) is 4.46. The molecular weight excluding hydrogens is 529 g/mol. The zero-order valence-electron chi connectivity index (χ0n) is 22.7. The Morgan fingerprint density at radius 3 is 2.19 bits per heavy atom. The molecule has 0 saturated heterocycles. The van der Waals surface area contributed by atoms with Gasteiger partial charge < -0.3 is 0 Å². The van der Waals surface area contributed by atoms with Crippen molar-refractivity contribution in [3.8, 4) is 22.4 Å². The van der Waals surface area contributed by atoms with Crippen molar-refractivity contribution in [1.29, 1.82) is 0 Å². The summed E-state index contributed by atoms with van der Waals surface area (Å²) < 4.78 is 0. The van der Waals surface area contributed by atoms with Crippen molar-refractivity contribution in [2.45, 2.75) is 21.5 Å². The predicted octanol–water partition coefficient (Wildman–Crippen LogP) is 9.71. The van der Waals surface area contributed by atoms with Gasteiger partial charge in [0.2, 0.25) is 0 Å². The van der Waals surface area contributed by atoms with E-state index in [1.807, 2.05) is 24.0 Å². The minimum atomic E-state index is -0.256. The number of thioether (sulfide) groups is 1. The van der Waals surface area contributed by atoms with Crippen LogP contribution in [0.2, 0.25) is 0 Å². The van der Waals surface area contributed by atoms with E-state index in [0.717, 1.165) is 27.5 Å². The molecule has 0 amide bonds. The molecule has 1 aliphatic heterocycles. The van der Waals surface area contributed by atoms with Gasteiger partial charge in [-0.3, -0.25) is 4.98 Å². The molecule has 7 aromatic rings. The summed E-state index contributed by atoms with van der Waals surface area (Å²) in [5, 5.41) is 2.61. The summed E-state index contributed by atoms with van der Waals surface area (Å²) in [5.74, 6) is 0.325. The van der Waals surface area contributed by atoms with E-state index in [9.17, 15) is 0 Å². The van der Waals surface area contributed by atoms with Crippen molar-refractivity contribution < 1.29 is 0 Å². The highest BCUT2D eigenvalue weighted by molar-refractivity contribution is 8.00. The van der Waals surface area contributed by atoms with E-state index < -0.39 is 0 Å². The molecule has 0 fully saturated rings. The van der Waals surface area contributed by atoms with Crippen molar-refractivity contribution in [1.82, 2.24) is 9.97 Å². The third-order valence-electron chi connectivity index (χ3n) is 9.79. The molecule has 3 heterocycles. The molecule has 3 aliphatic rings. The normalized spacial score (nSPS) is 20.9. The number of hydrogen-bond acceptors (Lipinski definition) is 3. The lowest BCUT2D eigenvalue weighted by atomic mass is 9.65. The fourth-order valence-corrected chi connectivity index (χ4v) is 9.84. The Labute approximate surface area is 248 Å². The fourth-order valence-electron chi connectivity index (χ4n) is 8.26. The van der Waals surface area contributed by atoms with E-state index in [4.69, 9.17) is 9.97 Å². The largest absolute Gasteiger partial charge is 0.254 e. The smallest absolute Gasteiger partial charge is 0.0972 e. The topological polar surface area (TPSA) is 25.8 Å². The van der Waals surface area contributed by atoms with Crippen LogP contribution in [0.4, 0.5) is 0 Å². The Balaban J connectivity index is 1.30. The van der Waals surface area contributed by atoms with Crippen molar-refractivity contribution in [2.75, 3.05) is 0 Å². The van der Waals surface area contributed by atoms with Crippen LogP contribution in [-0.2, 0) is 5.41 Å². The van der Waals surface area contributed by atoms with E-state index in [1.165, 1.54) is 49.4 Å². The molecule has 2 aromatic heterocycles. The molecule has 3 atom stereocenters. The van der Waals surface area contributed by atoms with E-state index in [-0.39, 0.29) is 5.41 Å². The van der Waals surface area contributed by atoms with Crippen molar-refractivity contribution >= 4 is 33.6 Å². The minimum Gasteiger partial charge on any atom is -0.254 e. The van der Waals surface area contributed by atoms with Crippen molar-refractivity contribution in [2.24, 2.45) is 0 Å². The maximum Gasteiger partial charge on any atom is 0.0972 e. The zero-order chi connectivity index (χ0) is 27.4. The molecule has 2 aliphatic carbocycles. The summed E-state index contributed by atoms with van der Waals surface area (Å²) >= 11 is 2.04. The van der Waals surface area contributed by atoms with Crippen LogP contribution in [0.25, 0.3) is 44.2 Å². The second-order valence-corrected chi connectivity index (χ2v) is 12.8. The maximum absolute atomic E-state index is 5.32. The second kappa shape index (κ2) is 8.18. The van der Waals surface area contributed by atoms with Gasteiger partial charge in [0, 0.05) is 38.6 Å². The molecule has 3 heteroatoms. The summed E-state index contributed by atoms with van der Waals surface area (Å²) in [6, 6.07) is 47.1. The molecule has 0 N–H and O–H groups in total. The van der Waals surface area contributed by atoms with Crippen LogP contribution in [0, 0.1) is 0 Å². The standard InChI is InChI=1S/C39H24N2S/c1-4-14-29-25(10-1)34-27(32-21-20-24-19-18-23-9-8-22-40-36(23)37(24)41-32)13-7-16-31(34)39(29)30-15-5-2-11-26(30)38-35(39)28-12-3-6-17-33(28)42-38/h1-22,35,38H. The van der Waals surface area contributed by atoms with Crippen molar-refractivity contribution in [3.63, 3.8) is 0 Å². The number of aromatic nitrogens is 2. The van der Waals surface area contributed by atoms with Crippen LogP contribution < -0.4 is 0 Å². The second-order valence-electron chi connectivity index (χ2n) is 11.6. The zero-order valence-corrected chi connectivity index (χ0v) is 23.5. The van der Waals surface area contributed by atoms with Crippen molar-refractivity contribution in [3.05, 3.63) is 161 Å². The van der Waals surface area contributed by atoms with Gasteiger partial charge in [-0.05, 0) is 57.1 Å². The number of fused-ring (bicyclic) bond motifs is 15. The SMILES string of the molecule is c1ccc2c(c1)SC1c3ccccc3C3(c4ccccc4-c4c(-c5ccc6ccc7cccnc7c6n5)cccc43)C21. The molecule has 2 nitrogen and oxygen atoms in total. The average Bonchev–Trinajstić information content (AvgIpc) is 3.68. The number of hydrogen-bond donors (Lipinski definition) is 0. The van der Waals surface area contributed by atoms with E-state index >= 15 is 0 Å². The lowest BCUT2D eigenvalue weighted by Crippen LogP contribution is -2.30. The fraction of sp³-hybridized carbons (Fsp3) is 0.0769. The number of pyridine rings is 2. The van der Waals surface area contributed by atoms with E-state index in [2.05, 4.69) is 121 Å². The number of rotatable bonds is 1. The third kappa shape index (κ3) is 2.73. The first-order chi connectivity index (χ1) is 20.8. The van der Waals surface area contributed by atoms with Crippen LogP contribution in [0.15, 0.2) is 138 Å². The molecule has 1 spiro atoms. The van der Waals surface area contributed by atoms with Gasteiger partial charge in [0.05, 0.1) is 22.1 Å². The summed E-state index contributed by atoms with van der Waals surface area (Å²) in [7, 11) is 0.